The van der Waals surface area contributed by atoms with Gasteiger partial charge in [0.25, 0.3) is 0 Å². The number of hydrogen-bond donors (Lipinski definition) is 1. The van der Waals surface area contributed by atoms with Crippen LogP contribution >= 0.6 is 0 Å². The lowest BCUT2D eigenvalue weighted by atomic mass is 10.0. The number of nitrogens with zero attached hydrogens (tertiary/aromatic N) is 3. The molecule has 0 spiro atoms. The van der Waals surface area contributed by atoms with Gasteiger partial charge in [-0.3, -0.25) is 4.90 Å². The fourth-order valence-corrected chi connectivity index (χ4v) is 4.77. The SMILES string of the molecule is CS(=O)(=O)CCCOC(=O)N1CC2CN(C[C@H](O)COc3ccc(C#N)cc3)CC2C1. The number of nitriles is 1. The molecule has 2 saturated heterocycles. The Morgan fingerprint density at radius 1 is 1.23 bits per heavy atom. The number of carbonyl (C=O) groups excluding carboxylic acids is 1. The Balaban J connectivity index is 1.34. The highest BCUT2D eigenvalue weighted by atomic mass is 32.2. The Bertz CT molecular complexity index is 885. The summed E-state index contributed by atoms with van der Waals surface area (Å²) in [5.41, 5.74) is 0.559. The van der Waals surface area contributed by atoms with Crippen molar-refractivity contribution >= 4 is 15.9 Å². The highest BCUT2D eigenvalue weighted by molar-refractivity contribution is 7.90. The smallest absolute Gasteiger partial charge is 0.409 e. The first-order valence-corrected chi connectivity index (χ1v) is 12.4. The highest BCUT2D eigenvalue weighted by Gasteiger charge is 2.42. The number of amides is 1. The van der Waals surface area contributed by atoms with Gasteiger partial charge in [0.05, 0.1) is 24.0 Å². The molecule has 2 fully saturated rings. The molecule has 1 aromatic carbocycles. The molecule has 2 aliphatic heterocycles. The Morgan fingerprint density at radius 3 is 2.45 bits per heavy atom. The Morgan fingerprint density at radius 2 is 1.87 bits per heavy atom. The monoisotopic (exact) mass is 451 g/mol. The summed E-state index contributed by atoms with van der Waals surface area (Å²) in [5, 5.41) is 19.1. The van der Waals surface area contributed by atoms with E-state index in [4.69, 9.17) is 14.7 Å². The second kappa shape index (κ2) is 10.3. The van der Waals surface area contributed by atoms with Gasteiger partial charge in [-0.1, -0.05) is 0 Å². The molecular weight excluding hydrogens is 422 g/mol. The van der Waals surface area contributed by atoms with Gasteiger partial charge in [0, 0.05) is 39.0 Å². The van der Waals surface area contributed by atoms with Crippen molar-refractivity contribution in [2.24, 2.45) is 11.8 Å². The minimum atomic E-state index is -3.04. The summed E-state index contributed by atoms with van der Waals surface area (Å²) in [6, 6.07) is 8.81. The summed E-state index contributed by atoms with van der Waals surface area (Å²) in [6.45, 7) is 3.61. The van der Waals surface area contributed by atoms with E-state index < -0.39 is 15.9 Å². The van der Waals surface area contributed by atoms with Crippen LogP contribution < -0.4 is 4.74 Å². The molecule has 1 amide bonds. The Kier molecular flexibility index (Phi) is 7.75. The fourth-order valence-electron chi connectivity index (χ4n) is 4.13. The summed E-state index contributed by atoms with van der Waals surface area (Å²) in [4.78, 5) is 16.1. The average molecular weight is 452 g/mol. The first kappa shape index (κ1) is 23.3. The zero-order valence-corrected chi connectivity index (χ0v) is 18.5. The molecule has 170 valence electrons. The molecule has 0 aliphatic carbocycles. The van der Waals surface area contributed by atoms with Gasteiger partial charge in [0.2, 0.25) is 0 Å². The number of hydrogen-bond acceptors (Lipinski definition) is 8. The van der Waals surface area contributed by atoms with Crippen LogP contribution in [0.1, 0.15) is 12.0 Å². The molecule has 0 bridgehead atoms. The van der Waals surface area contributed by atoms with Crippen LogP contribution in [0.15, 0.2) is 24.3 Å². The quantitative estimate of drug-likeness (QED) is 0.546. The van der Waals surface area contributed by atoms with E-state index in [1.807, 2.05) is 6.07 Å². The van der Waals surface area contributed by atoms with E-state index in [1.165, 1.54) is 6.26 Å². The van der Waals surface area contributed by atoms with E-state index in [1.54, 1.807) is 29.2 Å². The minimum absolute atomic E-state index is 0.0116. The van der Waals surface area contributed by atoms with E-state index in [9.17, 15) is 18.3 Å². The molecule has 1 aromatic rings. The topological polar surface area (TPSA) is 120 Å². The van der Waals surface area contributed by atoms with Crippen LogP contribution in [0, 0.1) is 23.2 Å². The van der Waals surface area contributed by atoms with Crippen LogP contribution in [0.5, 0.6) is 5.75 Å². The lowest BCUT2D eigenvalue weighted by molar-refractivity contribution is 0.0705. The lowest BCUT2D eigenvalue weighted by Crippen LogP contribution is -2.38. The molecule has 3 rings (SSSR count). The van der Waals surface area contributed by atoms with Crippen LogP contribution in [0.2, 0.25) is 0 Å². The molecule has 2 aliphatic rings. The fraction of sp³-hybridized carbons (Fsp3) is 0.619. The predicted molar refractivity (Wildman–Crippen MR) is 113 cm³/mol. The number of β-amino-alcohol motifs (C(OH)–C–C–N with tert-alkyl or cyclic N) is 1. The van der Waals surface area contributed by atoms with Crippen molar-refractivity contribution in [3.8, 4) is 11.8 Å². The van der Waals surface area contributed by atoms with Crippen LogP contribution in [-0.2, 0) is 14.6 Å². The summed E-state index contributed by atoms with van der Waals surface area (Å²) in [5.74, 6) is 1.31. The normalized spacial score (nSPS) is 22.0. The standard InChI is InChI=1S/C21H29N3O6S/c1-31(27,28)8-2-7-29-21(26)24-12-17-10-23(11-18(17)13-24)14-19(25)15-30-20-5-3-16(9-22)4-6-20/h3-6,17-19,25H,2,7-8,10-15H2,1H3/t17?,18?,19-/m0/s1. The molecule has 0 aromatic heterocycles. The molecule has 10 heteroatoms. The lowest BCUT2D eigenvalue weighted by Gasteiger charge is -2.23. The predicted octanol–water partition coefficient (Wildman–Crippen LogP) is 0.733. The van der Waals surface area contributed by atoms with Crippen molar-refractivity contribution in [2.75, 3.05) is 57.9 Å². The second-order valence-corrected chi connectivity index (χ2v) is 10.6. The van der Waals surface area contributed by atoms with E-state index >= 15 is 0 Å². The van der Waals surface area contributed by atoms with Gasteiger partial charge in [0.15, 0.2) is 0 Å². The van der Waals surface area contributed by atoms with Crippen molar-refractivity contribution < 1.29 is 27.8 Å². The summed E-state index contributed by atoms with van der Waals surface area (Å²) < 4.78 is 33.0. The molecule has 0 saturated carbocycles. The van der Waals surface area contributed by atoms with Crippen LogP contribution in [0.4, 0.5) is 4.79 Å². The maximum absolute atomic E-state index is 12.2. The number of likely N-dealkylation sites (tertiary alicyclic amines) is 2. The number of rotatable bonds is 9. The zero-order chi connectivity index (χ0) is 22.4. The van der Waals surface area contributed by atoms with Crippen molar-refractivity contribution in [2.45, 2.75) is 12.5 Å². The van der Waals surface area contributed by atoms with Crippen LogP contribution in [-0.4, -0.2) is 93.5 Å². The number of benzene rings is 1. The van der Waals surface area contributed by atoms with E-state index in [0.29, 0.717) is 49.2 Å². The van der Waals surface area contributed by atoms with Crippen molar-refractivity contribution in [1.82, 2.24) is 9.80 Å². The third-order valence-corrected chi connectivity index (χ3v) is 6.63. The molecule has 1 N–H and O–H groups in total. The largest absolute Gasteiger partial charge is 0.491 e. The highest BCUT2D eigenvalue weighted by Crippen LogP contribution is 2.31. The molecule has 0 radical (unpaired) electrons. The number of carbonyl (C=O) groups is 1. The van der Waals surface area contributed by atoms with Gasteiger partial charge in [-0.15, -0.1) is 0 Å². The minimum Gasteiger partial charge on any atom is -0.491 e. The summed E-state index contributed by atoms with van der Waals surface area (Å²) in [6.07, 6.45) is 0.454. The molecular formula is C21H29N3O6S. The van der Waals surface area contributed by atoms with E-state index in [-0.39, 0.29) is 25.1 Å². The molecule has 9 nitrogen and oxygen atoms in total. The number of ether oxygens (including phenoxy) is 2. The summed E-state index contributed by atoms with van der Waals surface area (Å²) >= 11 is 0. The van der Waals surface area contributed by atoms with Gasteiger partial charge in [0.1, 0.15) is 28.3 Å². The zero-order valence-electron chi connectivity index (χ0n) is 17.6. The summed E-state index contributed by atoms with van der Waals surface area (Å²) in [7, 11) is -3.04. The maximum atomic E-state index is 12.2. The average Bonchev–Trinajstić information content (AvgIpc) is 3.28. The van der Waals surface area contributed by atoms with Gasteiger partial charge in [-0.2, -0.15) is 5.26 Å². The molecule has 3 atom stereocenters. The number of sulfone groups is 1. The van der Waals surface area contributed by atoms with Crippen molar-refractivity contribution in [3.63, 3.8) is 0 Å². The van der Waals surface area contributed by atoms with Gasteiger partial charge >= 0.3 is 6.09 Å². The first-order valence-electron chi connectivity index (χ1n) is 10.4. The van der Waals surface area contributed by atoms with Gasteiger partial charge in [-0.05, 0) is 42.5 Å². The van der Waals surface area contributed by atoms with E-state index in [2.05, 4.69) is 4.90 Å². The molecule has 31 heavy (non-hydrogen) atoms. The van der Waals surface area contributed by atoms with E-state index in [0.717, 1.165) is 13.1 Å². The molecule has 2 heterocycles. The Labute approximate surface area is 183 Å². The van der Waals surface area contributed by atoms with Crippen molar-refractivity contribution in [3.05, 3.63) is 29.8 Å². The number of fused-ring (bicyclic) bond motifs is 1. The van der Waals surface area contributed by atoms with Crippen LogP contribution in [0.25, 0.3) is 0 Å². The first-order chi connectivity index (χ1) is 14.7. The second-order valence-electron chi connectivity index (χ2n) is 8.34. The van der Waals surface area contributed by atoms with Gasteiger partial charge < -0.3 is 19.5 Å². The third kappa shape index (κ3) is 7.09. The maximum Gasteiger partial charge on any atom is 0.409 e. The third-order valence-electron chi connectivity index (χ3n) is 5.60. The number of aliphatic hydroxyl groups is 1. The molecule has 2 unspecified atom stereocenters. The van der Waals surface area contributed by atoms with Crippen LogP contribution in [0.3, 0.4) is 0 Å². The Hall–Kier alpha value is -2.35. The van der Waals surface area contributed by atoms with Crippen molar-refractivity contribution in [1.29, 1.82) is 5.26 Å². The van der Waals surface area contributed by atoms with Gasteiger partial charge in [-0.25, -0.2) is 13.2 Å². The number of aliphatic hydroxyl groups excluding tert-OH is 1.